The lowest BCUT2D eigenvalue weighted by Crippen LogP contribution is -2.16. The number of rotatable bonds is 7. The van der Waals surface area contributed by atoms with E-state index in [0.717, 1.165) is 26.1 Å². The fourth-order valence-corrected chi connectivity index (χ4v) is 3.08. The lowest BCUT2D eigenvalue weighted by atomic mass is 10.1. The fraction of sp³-hybridized carbons (Fsp3) is 0.200. The predicted molar refractivity (Wildman–Crippen MR) is 99.3 cm³/mol. The van der Waals surface area contributed by atoms with Gasteiger partial charge in [0.05, 0.1) is 6.54 Å². The molecule has 25 heavy (non-hydrogen) atoms. The van der Waals surface area contributed by atoms with Crippen molar-refractivity contribution in [1.82, 2.24) is 25.1 Å². The molecule has 0 bridgehead atoms. The van der Waals surface area contributed by atoms with E-state index >= 15 is 0 Å². The highest BCUT2D eigenvalue weighted by Crippen LogP contribution is 2.20. The van der Waals surface area contributed by atoms with Gasteiger partial charge in [-0.3, -0.25) is 0 Å². The van der Waals surface area contributed by atoms with Crippen LogP contribution < -0.4 is 5.32 Å². The van der Waals surface area contributed by atoms with Gasteiger partial charge in [-0.05, 0) is 41.8 Å². The van der Waals surface area contributed by atoms with Gasteiger partial charge in [-0.15, -0.1) is 0 Å². The maximum atomic E-state index is 4.18. The first-order chi connectivity index (χ1) is 12.4. The SMILES string of the molecule is c1ccc(CNCCc2c[nH]c3ccc(Cn4cncn4)cc23)cc1. The molecule has 0 saturated heterocycles. The Morgan fingerprint density at radius 1 is 1.04 bits per heavy atom. The molecule has 0 amide bonds. The molecule has 4 rings (SSSR count). The Balaban J connectivity index is 1.40. The number of nitrogens with zero attached hydrogens (tertiary/aromatic N) is 3. The number of hydrogen-bond acceptors (Lipinski definition) is 3. The fourth-order valence-electron chi connectivity index (χ4n) is 3.08. The number of aromatic amines is 1. The van der Waals surface area contributed by atoms with Gasteiger partial charge < -0.3 is 10.3 Å². The first kappa shape index (κ1) is 15.6. The maximum absolute atomic E-state index is 4.18. The molecule has 0 unspecified atom stereocenters. The number of nitrogens with one attached hydrogen (secondary N) is 2. The van der Waals surface area contributed by atoms with Crippen molar-refractivity contribution in [3.05, 3.63) is 84.1 Å². The van der Waals surface area contributed by atoms with Crippen LogP contribution in [0.5, 0.6) is 0 Å². The first-order valence-corrected chi connectivity index (χ1v) is 8.54. The second-order valence-electron chi connectivity index (χ2n) is 6.20. The Labute approximate surface area is 146 Å². The van der Waals surface area contributed by atoms with Crippen LogP contribution in [0, 0.1) is 0 Å². The normalized spacial score (nSPS) is 11.2. The first-order valence-electron chi connectivity index (χ1n) is 8.54. The number of H-pyrrole nitrogens is 1. The molecule has 0 aliphatic heterocycles. The number of aromatic nitrogens is 4. The van der Waals surface area contributed by atoms with Crippen LogP contribution in [0.4, 0.5) is 0 Å². The Morgan fingerprint density at radius 2 is 1.96 bits per heavy atom. The third-order valence-electron chi connectivity index (χ3n) is 4.39. The van der Waals surface area contributed by atoms with Gasteiger partial charge in [0.1, 0.15) is 12.7 Å². The van der Waals surface area contributed by atoms with E-state index in [1.807, 2.05) is 10.7 Å². The van der Waals surface area contributed by atoms with Crippen molar-refractivity contribution in [3.8, 4) is 0 Å². The molecule has 0 atom stereocenters. The molecule has 5 heteroatoms. The van der Waals surface area contributed by atoms with E-state index in [1.165, 1.54) is 27.6 Å². The zero-order valence-corrected chi connectivity index (χ0v) is 14.0. The lowest BCUT2D eigenvalue weighted by Gasteiger charge is -2.06. The molecule has 5 nitrogen and oxygen atoms in total. The van der Waals surface area contributed by atoms with Crippen LogP contribution >= 0.6 is 0 Å². The van der Waals surface area contributed by atoms with E-state index in [4.69, 9.17) is 0 Å². The number of fused-ring (bicyclic) bond motifs is 1. The zero-order valence-electron chi connectivity index (χ0n) is 14.0. The van der Waals surface area contributed by atoms with Gasteiger partial charge >= 0.3 is 0 Å². The lowest BCUT2D eigenvalue weighted by molar-refractivity contribution is 0.684. The van der Waals surface area contributed by atoms with Crippen molar-refractivity contribution >= 4 is 10.9 Å². The summed E-state index contributed by atoms with van der Waals surface area (Å²) in [6.45, 7) is 2.60. The van der Waals surface area contributed by atoms with Crippen LogP contribution in [-0.2, 0) is 19.5 Å². The molecule has 0 radical (unpaired) electrons. The molecule has 2 aromatic heterocycles. The highest BCUT2D eigenvalue weighted by atomic mass is 15.3. The predicted octanol–water partition coefficient (Wildman–Crippen LogP) is 3.14. The standard InChI is InChI=1S/C20H21N5/c1-2-4-16(5-3-1)11-21-9-8-18-12-23-20-7-6-17(10-19(18)20)13-25-15-22-14-24-25/h1-7,10,12,14-15,21,23H,8-9,11,13H2. The van der Waals surface area contributed by atoms with Gasteiger partial charge in [0, 0.05) is 23.6 Å². The third kappa shape index (κ3) is 3.78. The van der Waals surface area contributed by atoms with Crippen molar-refractivity contribution in [2.45, 2.75) is 19.5 Å². The highest BCUT2D eigenvalue weighted by molar-refractivity contribution is 5.83. The molecule has 4 aromatic rings. The second-order valence-corrected chi connectivity index (χ2v) is 6.20. The highest BCUT2D eigenvalue weighted by Gasteiger charge is 2.05. The van der Waals surface area contributed by atoms with E-state index in [1.54, 1.807) is 12.7 Å². The number of hydrogen-bond donors (Lipinski definition) is 2. The smallest absolute Gasteiger partial charge is 0.137 e. The minimum atomic E-state index is 0.743. The van der Waals surface area contributed by atoms with E-state index in [0.29, 0.717) is 0 Å². The van der Waals surface area contributed by atoms with Crippen molar-refractivity contribution in [3.63, 3.8) is 0 Å². The molecule has 2 N–H and O–H groups in total. The van der Waals surface area contributed by atoms with E-state index < -0.39 is 0 Å². The Morgan fingerprint density at radius 3 is 2.80 bits per heavy atom. The van der Waals surface area contributed by atoms with Gasteiger partial charge in [-0.25, -0.2) is 9.67 Å². The van der Waals surface area contributed by atoms with Crippen LogP contribution in [0.2, 0.25) is 0 Å². The molecule has 2 aromatic carbocycles. The molecule has 0 fully saturated rings. The maximum Gasteiger partial charge on any atom is 0.137 e. The molecular weight excluding hydrogens is 310 g/mol. The summed E-state index contributed by atoms with van der Waals surface area (Å²) >= 11 is 0. The summed E-state index contributed by atoms with van der Waals surface area (Å²) in [5.74, 6) is 0. The summed E-state index contributed by atoms with van der Waals surface area (Å²) in [6, 6.07) is 17.0. The molecule has 0 aliphatic carbocycles. The van der Waals surface area contributed by atoms with Gasteiger partial charge in [-0.2, -0.15) is 5.10 Å². The van der Waals surface area contributed by atoms with Crippen molar-refractivity contribution in [2.24, 2.45) is 0 Å². The second kappa shape index (κ2) is 7.32. The van der Waals surface area contributed by atoms with Crippen LogP contribution in [0.15, 0.2) is 67.4 Å². The molecule has 0 aliphatic rings. The van der Waals surface area contributed by atoms with Crippen molar-refractivity contribution in [2.75, 3.05) is 6.54 Å². The molecular formula is C20H21N5. The van der Waals surface area contributed by atoms with E-state index in [9.17, 15) is 0 Å². The summed E-state index contributed by atoms with van der Waals surface area (Å²) in [5.41, 5.74) is 5.07. The minimum absolute atomic E-state index is 0.743. The average molecular weight is 331 g/mol. The van der Waals surface area contributed by atoms with Gasteiger partial charge in [0.15, 0.2) is 0 Å². The number of benzene rings is 2. The Kier molecular flexibility index (Phi) is 4.57. The van der Waals surface area contributed by atoms with E-state index in [-0.39, 0.29) is 0 Å². The summed E-state index contributed by atoms with van der Waals surface area (Å²) in [7, 11) is 0. The summed E-state index contributed by atoms with van der Waals surface area (Å²) in [6.07, 6.45) is 6.43. The molecule has 0 spiro atoms. The Hall–Kier alpha value is -2.92. The molecule has 0 saturated carbocycles. The zero-order chi connectivity index (χ0) is 16.9. The Bertz CT molecular complexity index is 925. The van der Waals surface area contributed by atoms with Crippen LogP contribution in [0.1, 0.15) is 16.7 Å². The van der Waals surface area contributed by atoms with Crippen LogP contribution in [0.3, 0.4) is 0 Å². The van der Waals surface area contributed by atoms with Gasteiger partial charge in [-0.1, -0.05) is 36.4 Å². The monoisotopic (exact) mass is 331 g/mol. The topological polar surface area (TPSA) is 58.5 Å². The minimum Gasteiger partial charge on any atom is -0.361 e. The van der Waals surface area contributed by atoms with Gasteiger partial charge in [0.2, 0.25) is 0 Å². The van der Waals surface area contributed by atoms with Crippen molar-refractivity contribution in [1.29, 1.82) is 0 Å². The summed E-state index contributed by atoms with van der Waals surface area (Å²) in [5, 5.41) is 8.99. The van der Waals surface area contributed by atoms with Crippen LogP contribution in [0.25, 0.3) is 10.9 Å². The molecule has 2 heterocycles. The van der Waals surface area contributed by atoms with Crippen LogP contribution in [-0.4, -0.2) is 26.3 Å². The molecule has 126 valence electrons. The average Bonchev–Trinajstić information content (AvgIpc) is 3.29. The van der Waals surface area contributed by atoms with E-state index in [2.05, 4.69) is 69.0 Å². The van der Waals surface area contributed by atoms with Gasteiger partial charge in [0.25, 0.3) is 0 Å². The third-order valence-corrected chi connectivity index (χ3v) is 4.39. The van der Waals surface area contributed by atoms with Crippen molar-refractivity contribution < 1.29 is 0 Å². The quantitative estimate of drug-likeness (QED) is 0.512. The largest absolute Gasteiger partial charge is 0.361 e. The summed E-state index contributed by atoms with van der Waals surface area (Å²) in [4.78, 5) is 7.37. The summed E-state index contributed by atoms with van der Waals surface area (Å²) < 4.78 is 1.84.